The zero-order chi connectivity index (χ0) is 12.8. The summed E-state index contributed by atoms with van der Waals surface area (Å²) in [6, 6.07) is 0. The molecule has 17 heavy (non-hydrogen) atoms. The van der Waals surface area contributed by atoms with Gasteiger partial charge in [-0.25, -0.2) is 0 Å². The minimum Gasteiger partial charge on any atom is -0.481 e. The van der Waals surface area contributed by atoms with Crippen molar-refractivity contribution in [2.24, 2.45) is 17.8 Å². The van der Waals surface area contributed by atoms with E-state index < -0.39 is 5.97 Å². The van der Waals surface area contributed by atoms with E-state index in [4.69, 9.17) is 5.11 Å². The van der Waals surface area contributed by atoms with Gasteiger partial charge in [0.05, 0.1) is 5.92 Å². The highest BCUT2D eigenvalue weighted by molar-refractivity contribution is 5.78. The van der Waals surface area contributed by atoms with Crippen LogP contribution in [0.25, 0.3) is 0 Å². The van der Waals surface area contributed by atoms with Crippen LogP contribution in [0.5, 0.6) is 0 Å². The van der Waals surface area contributed by atoms with E-state index in [0.717, 1.165) is 19.5 Å². The van der Waals surface area contributed by atoms with Crippen LogP contribution in [0.2, 0.25) is 0 Å². The van der Waals surface area contributed by atoms with Gasteiger partial charge in [0.1, 0.15) is 0 Å². The summed E-state index contributed by atoms with van der Waals surface area (Å²) >= 11 is 0. The molecule has 98 valence electrons. The molecule has 0 spiro atoms. The third-order valence-corrected chi connectivity index (χ3v) is 3.47. The van der Waals surface area contributed by atoms with Gasteiger partial charge in [0.15, 0.2) is 0 Å². The van der Waals surface area contributed by atoms with Crippen molar-refractivity contribution in [2.45, 2.75) is 26.7 Å². The normalized spacial score (nSPS) is 19.2. The molecule has 2 unspecified atom stereocenters. The van der Waals surface area contributed by atoms with E-state index >= 15 is 0 Å². The predicted molar refractivity (Wildman–Crippen MR) is 64.6 cm³/mol. The van der Waals surface area contributed by atoms with Crippen molar-refractivity contribution in [3.05, 3.63) is 0 Å². The molecule has 0 bridgehead atoms. The maximum absolute atomic E-state index is 11.7. The summed E-state index contributed by atoms with van der Waals surface area (Å²) in [6.45, 7) is 6.05. The summed E-state index contributed by atoms with van der Waals surface area (Å²) in [7, 11) is 0. The van der Waals surface area contributed by atoms with Crippen LogP contribution in [-0.2, 0) is 9.59 Å². The molecule has 0 aromatic rings. The van der Waals surface area contributed by atoms with Crippen molar-refractivity contribution in [1.29, 1.82) is 0 Å². The molecule has 1 fully saturated rings. The smallest absolute Gasteiger partial charge is 0.306 e. The second kappa shape index (κ2) is 6.59. The van der Waals surface area contributed by atoms with Crippen LogP contribution in [0.15, 0.2) is 0 Å². The van der Waals surface area contributed by atoms with E-state index in [0.29, 0.717) is 18.9 Å². The summed E-state index contributed by atoms with van der Waals surface area (Å²) < 4.78 is 0. The number of carbonyl (C=O) groups excluding carboxylic acids is 1. The number of carbonyl (C=O) groups is 2. The average molecular weight is 242 g/mol. The Kier molecular flexibility index (Phi) is 5.41. The molecule has 1 heterocycles. The topological polar surface area (TPSA) is 78.4 Å². The number of hydrogen-bond donors (Lipinski definition) is 3. The second-order valence-electron chi connectivity index (χ2n) is 4.88. The van der Waals surface area contributed by atoms with E-state index in [9.17, 15) is 9.59 Å². The Labute approximate surface area is 102 Å². The fraction of sp³-hybridized carbons (Fsp3) is 0.833. The average Bonchev–Trinajstić information content (AvgIpc) is 2.20. The Balaban J connectivity index is 2.09. The van der Waals surface area contributed by atoms with Crippen molar-refractivity contribution in [2.75, 3.05) is 19.6 Å². The summed E-state index contributed by atoms with van der Waals surface area (Å²) in [5, 5.41) is 14.7. The maximum atomic E-state index is 11.7. The monoisotopic (exact) mass is 242 g/mol. The van der Waals surface area contributed by atoms with E-state index in [1.807, 2.05) is 6.92 Å². The molecule has 1 saturated heterocycles. The molecule has 1 amide bonds. The molecule has 1 aliphatic heterocycles. The Bertz CT molecular complexity index is 277. The first kappa shape index (κ1) is 14.0. The molecule has 0 aromatic carbocycles. The second-order valence-corrected chi connectivity index (χ2v) is 4.88. The zero-order valence-corrected chi connectivity index (χ0v) is 10.5. The molecule has 1 rings (SSSR count). The quantitative estimate of drug-likeness (QED) is 0.567. The molecule has 0 saturated carbocycles. The van der Waals surface area contributed by atoms with Gasteiger partial charge in [0.25, 0.3) is 0 Å². The lowest BCUT2D eigenvalue weighted by Gasteiger charge is -2.31. The van der Waals surface area contributed by atoms with Gasteiger partial charge in [-0.2, -0.15) is 0 Å². The molecule has 5 heteroatoms. The fourth-order valence-corrected chi connectivity index (χ4v) is 1.78. The van der Waals surface area contributed by atoms with Crippen LogP contribution >= 0.6 is 0 Å². The van der Waals surface area contributed by atoms with Gasteiger partial charge in [-0.1, -0.05) is 13.8 Å². The number of carboxylic acid groups (broad SMARTS) is 1. The SMILES string of the molecule is CC(CCCNC(=O)C(C)C1CNC1)C(=O)O. The maximum Gasteiger partial charge on any atom is 0.306 e. The largest absolute Gasteiger partial charge is 0.481 e. The summed E-state index contributed by atoms with van der Waals surface area (Å²) in [5.41, 5.74) is 0. The number of rotatable bonds is 7. The summed E-state index contributed by atoms with van der Waals surface area (Å²) in [5.74, 6) is -0.522. The van der Waals surface area contributed by atoms with Gasteiger partial charge in [0.2, 0.25) is 5.91 Å². The predicted octanol–water partition coefficient (Wildman–Crippen LogP) is 0.459. The standard InChI is InChI=1S/C12H22N2O3/c1-8(12(16)17)4-3-5-14-11(15)9(2)10-6-13-7-10/h8-10,13H,3-7H2,1-2H3,(H,14,15)(H,16,17). The van der Waals surface area contributed by atoms with Gasteiger partial charge in [0, 0.05) is 12.5 Å². The highest BCUT2D eigenvalue weighted by Gasteiger charge is 2.28. The van der Waals surface area contributed by atoms with E-state index in [1.54, 1.807) is 6.92 Å². The Morgan fingerprint density at radius 3 is 2.53 bits per heavy atom. The molecule has 0 radical (unpaired) electrons. The highest BCUT2D eigenvalue weighted by Crippen LogP contribution is 2.15. The number of aliphatic carboxylic acids is 1. The number of amides is 1. The van der Waals surface area contributed by atoms with Crippen molar-refractivity contribution in [1.82, 2.24) is 10.6 Å². The van der Waals surface area contributed by atoms with Crippen LogP contribution in [-0.4, -0.2) is 36.6 Å². The van der Waals surface area contributed by atoms with Crippen LogP contribution < -0.4 is 10.6 Å². The lowest BCUT2D eigenvalue weighted by atomic mass is 9.88. The van der Waals surface area contributed by atoms with Crippen LogP contribution in [0, 0.1) is 17.8 Å². The Hall–Kier alpha value is -1.10. The molecular formula is C12H22N2O3. The summed E-state index contributed by atoms with van der Waals surface area (Å²) in [4.78, 5) is 22.3. The third-order valence-electron chi connectivity index (χ3n) is 3.47. The summed E-state index contributed by atoms with van der Waals surface area (Å²) in [6.07, 6.45) is 1.32. The number of nitrogens with one attached hydrogen (secondary N) is 2. The van der Waals surface area contributed by atoms with Crippen molar-refractivity contribution >= 4 is 11.9 Å². The van der Waals surface area contributed by atoms with Gasteiger partial charge in [-0.05, 0) is 31.8 Å². The highest BCUT2D eigenvalue weighted by atomic mass is 16.4. The molecule has 2 atom stereocenters. The van der Waals surface area contributed by atoms with E-state index in [-0.39, 0.29) is 17.7 Å². The molecule has 0 aliphatic carbocycles. The van der Waals surface area contributed by atoms with Crippen LogP contribution in [0.4, 0.5) is 0 Å². The molecule has 1 aliphatic rings. The third kappa shape index (κ3) is 4.34. The Morgan fingerprint density at radius 2 is 2.06 bits per heavy atom. The number of carboxylic acids is 1. The minimum absolute atomic E-state index is 0.0492. The first-order valence-corrected chi connectivity index (χ1v) is 6.23. The molecule has 3 N–H and O–H groups in total. The first-order chi connectivity index (χ1) is 8.02. The van der Waals surface area contributed by atoms with Crippen molar-refractivity contribution in [3.8, 4) is 0 Å². The van der Waals surface area contributed by atoms with E-state index in [1.165, 1.54) is 0 Å². The molecule has 0 aromatic heterocycles. The lowest BCUT2D eigenvalue weighted by Crippen LogP contribution is -2.49. The lowest BCUT2D eigenvalue weighted by molar-refractivity contribution is -0.141. The fourth-order valence-electron chi connectivity index (χ4n) is 1.78. The minimum atomic E-state index is -0.773. The molecular weight excluding hydrogens is 220 g/mol. The zero-order valence-electron chi connectivity index (χ0n) is 10.5. The van der Waals surface area contributed by atoms with Gasteiger partial charge in [-0.3, -0.25) is 9.59 Å². The first-order valence-electron chi connectivity index (χ1n) is 6.23. The van der Waals surface area contributed by atoms with Gasteiger partial charge in [-0.15, -0.1) is 0 Å². The van der Waals surface area contributed by atoms with Crippen molar-refractivity contribution < 1.29 is 14.7 Å². The van der Waals surface area contributed by atoms with Gasteiger partial charge >= 0.3 is 5.97 Å². The number of hydrogen-bond acceptors (Lipinski definition) is 3. The molecule has 5 nitrogen and oxygen atoms in total. The van der Waals surface area contributed by atoms with Crippen LogP contribution in [0.3, 0.4) is 0 Å². The van der Waals surface area contributed by atoms with Gasteiger partial charge < -0.3 is 15.7 Å². The van der Waals surface area contributed by atoms with Crippen LogP contribution in [0.1, 0.15) is 26.7 Å². The van der Waals surface area contributed by atoms with E-state index in [2.05, 4.69) is 10.6 Å². The Morgan fingerprint density at radius 1 is 1.41 bits per heavy atom. The van der Waals surface area contributed by atoms with Crippen molar-refractivity contribution in [3.63, 3.8) is 0 Å².